The highest BCUT2D eigenvalue weighted by atomic mass is 79.9. The minimum Gasteiger partial charge on any atom is -0.497 e. The van der Waals surface area contributed by atoms with Gasteiger partial charge in [-0.15, -0.1) is 11.8 Å². The van der Waals surface area contributed by atoms with E-state index in [1.807, 2.05) is 43.3 Å². The number of amides is 1. The van der Waals surface area contributed by atoms with E-state index in [2.05, 4.69) is 21.2 Å². The zero-order valence-electron chi connectivity index (χ0n) is 13.9. The number of thioether (sulfide) groups is 1. The number of benzene rings is 2. The van der Waals surface area contributed by atoms with Crippen LogP contribution in [0.2, 0.25) is 0 Å². The van der Waals surface area contributed by atoms with Crippen molar-refractivity contribution in [2.24, 2.45) is 0 Å². The van der Waals surface area contributed by atoms with Crippen LogP contribution >= 0.6 is 27.7 Å². The zero-order valence-corrected chi connectivity index (χ0v) is 16.3. The molecule has 0 saturated heterocycles. The highest BCUT2D eigenvalue weighted by Gasteiger charge is 2.09. The summed E-state index contributed by atoms with van der Waals surface area (Å²) in [6.45, 7) is 2.44. The predicted octanol–water partition coefficient (Wildman–Crippen LogP) is 4.18. The summed E-state index contributed by atoms with van der Waals surface area (Å²) in [7, 11) is 3.22. The molecule has 0 atom stereocenters. The van der Waals surface area contributed by atoms with Crippen LogP contribution in [0.15, 0.2) is 45.8 Å². The number of carbonyl (C=O) groups excluding carboxylic acids is 1. The maximum atomic E-state index is 12.1. The molecule has 0 aromatic heterocycles. The molecule has 6 heteroatoms. The summed E-state index contributed by atoms with van der Waals surface area (Å²) in [4.78, 5) is 13.2. The molecule has 0 spiro atoms. The molecule has 2 rings (SSSR count). The van der Waals surface area contributed by atoms with Crippen LogP contribution in [0.1, 0.15) is 11.1 Å². The summed E-state index contributed by atoms with van der Waals surface area (Å²) in [5.74, 6) is 1.81. The van der Waals surface area contributed by atoms with Crippen LogP contribution in [-0.2, 0) is 11.3 Å². The van der Waals surface area contributed by atoms with Crippen molar-refractivity contribution in [3.05, 3.63) is 52.0 Å². The van der Waals surface area contributed by atoms with Crippen molar-refractivity contribution in [3.63, 3.8) is 0 Å². The number of halogens is 1. The lowest BCUT2D eigenvalue weighted by molar-refractivity contribution is -0.118. The van der Waals surface area contributed by atoms with Crippen molar-refractivity contribution in [1.29, 1.82) is 0 Å². The lowest BCUT2D eigenvalue weighted by atomic mass is 10.2. The molecule has 1 N–H and O–H groups in total. The second-order valence-corrected chi connectivity index (χ2v) is 7.09. The van der Waals surface area contributed by atoms with Crippen LogP contribution < -0.4 is 14.8 Å². The largest absolute Gasteiger partial charge is 0.497 e. The fraction of sp³-hybridized carbons (Fsp3) is 0.278. The fourth-order valence-electron chi connectivity index (χ4n) is 2.18. The number of hydrogen-bond acceptors (Lipinski definition) is 4. The summed E-state index contributed by atoms with van der Waals surface area (Å²) in [6.07, 6.45) is 0. The Morgan fingerprint density at radius 3 is 2.62 bits per heavy atom. The van der Waals surface area contributed by atoms with Crippen molar-refractivity contribution < 1.29 is 14.3 Å². The molecule has 0 heterocycles. The van der Waals surface area contributed by atoms with Crippen molar-refractivity contribution in [2.45, 2.75) is 18.4 Å². The molecule has 1 amide bonds. The van der Waals surface area contributed by atoms with Crippen molar-refractivity contribution in [1.82, 2.24) is 5.32 Å². The van der Waals surface area contributed by atoms with E-state index in [1.54, 1.807) is 14.2 Å². The molecular weight excluding hydrogens is 390 g/mol. The van der Waals surface area contributed by atoms with Crippen molar-refractivity contribution >= 4 is 33.6 Å². The summed E-state index contributed by atoms with van der Waals surface area (Å²) >= 11 is 4.97. The number of rotatable bonds is 7. The van der Waals surface area contributed by atoms with E-state index in [1.165, 1.54) is 11.8 Å². The van der Waals surface area contributed by atoms with Gasteiger partial charge in [0, 0.05) is 21.5 Å². The Labute approximate surface area is 155 Å². The average Bonchev–Trinajstić information content (AvgIpc) is 2.58. The van der Waals surface area contributed by atoms with Gasteiger partial charge in [-0.1, -0.05) is 15.9 Å². The first-order chi connectivity index (χ1) is 11.5. The number of ether oxygens (including phenoxy) is 2. The molecule has 0 aliphatic rings. The van der Waals surface area contributed by atoms with Crippen LogP contribution in [0.5, 0.6) is 11.5 Å². The Kier molecular flexibility index (Phi) is 6.99. The minimum atomic E-state index is -0.0211. The van der Waals surface area contributed by atoms with Gasteiger partial charge in [0.2, 0.25) is 5.91 Å². The highest BCUT2D eigenvalue weighted by molar-refractivity contribution is 9.10. The summed E-state index contributed by atoms with van der Waals surface area (Å²) < 4.78 is 11.6. The molecule has 0 bridgehead atoms. The van der Waals surface area contributed by atoms with Crippen molar-refractivity contribution in [2.75, 3.05) is 20.0 Å². The maximum absolute atomic E-state index is 12.1. The van der Waals surface area contributed by atoms with Crippen LogP contribution in [0.4, 0.5) is 0 Å². The molecule has 0 fully saturated rings. The molecule has 24 heavy (non-hydrogen) atoms. The van der Waals surface area contributed by atoms with Gasteiger partial charge in [0.25, 0.3) is 0 Å². The molecule has 0 unspecified atom stereocenters. The molecule has 0 aliphatic heterocycles. The molecule has 0 saturated carbocycles. The predicted molar refractivity (Wildman–Crippen MR) is 101 cm³/mol. The number of aryl methyl sites for hydroxylation is 1. The molecule has 128 valence electrons. The average molecular weight is 410 g/mol. The van der Waals surface area contributed by atoms with E-state index in [-0.39, 0.29) is 5.91 Å². The molecule has 2 aromatic rings. The van der Waals surface area contributed by atoms with Crippen molar-refractivity contribution in [3.8, 4) is 11.5 Å². The number of methoxy groups -OCH3 is 2. The van der Waals surface area contributed by atoms with Gasteiger partial charge in [-0.2, -0.15) is 0 Å². The molecule has 4 nitrogen and oxygen atoms in total. The van der Waals surface area contributed by atoms with Gasteiger partial charge in [-0.3, -0.25) is 4.79 Å². The van der Waals surface area contributed by atoms with E-state index in [0.717, 1.165) is 32.0 Å². The summed E-state index contributed by atoms with van der Waals surface area (Å²) in [5, 5.41) is 2.92. The Balaban J connectivity index is 1.91. The lowest BCUT2D eigenvalue weighted by Crippen LogP contribution is -2.24. The van der Waals surface area contributed by atoms with E-state index in [9.17, 15) is 4.79 Å². The first-order valence-electron chi connectivity index (χ1n) is 7.40. The molecule has 0 aliphatic carbocycles. The Morgan fingerprint density at radius 1 is 1.17 bits per heavy atom. The monoisotopic (exact) mass is 409 g/mol. The Bertz CT molecular complexity index is 721. The normalized spacial score (nSPS) is 10.3. The van der Waals surface area contributed by atoms with E-state index < -0.39 is 0 Å². The summed E-state index contributed by atoms with van der Waals surface area (Å²) in [5.41, 5.74) is 2.03. The van der Waals surface area contributed by atoms with Gasteiger partial charge in [0.05, 0.1) is 20.0 Å². The SMILES string of the molecule is COc1ccc(OC)c(CNC(=O)CSc2ccc(Br)cc2C)c1. The summed E-state index contributed by atoms with van der Waals surface area (Å²) in [6, 6.07) is 11.6. The van der Waals surface area contributed by atoms with Gasteiger partial charge in [-0.25, -0.2) is 0 Å². The van der Waals surface area contributed by atoms with Crippen LogP contribution in [-0.4, -0.2) is 25.9 Å². The second-order valence-electron chi connectivity index (χ2n) is 5.15. The first-order valence-corrected chi connectivity index (χ1v) is 9.18. The topological polar surface area (TPSA) is 47.6 Å². The standard InChI is InChI=1S/C18H20BrNO3S/c1-12-8-14(19)4-7-17(12)24-11-18(21)20-10-13-9-15(22-2)5-6-16(13)23-3/h4-9H,10-11H2,1-3H3,(H,20,21). The molecule has 0 radical (unpaired) electrons. The van der Waals surface area contributed by atoms with E-state index in [0.29, 0.717) is 12.3 Å². The Morgan fingerprint density at radius 2 is 1.96 bits per heavy atom. The molecule has 2 aromatic carbocycles. The molecular formula is C18H20BrNO3S. The fourth-order valence-corrected chi connectivity index (χ4v) is 3.50. The van der Waals surface area contributed by atoms with Gasteiger partial charge in [0.1, 0.15) is 11.5 Å². The number of carbonyl (C=O) groups is 1. The van der Waals surface area contributed by atoms with Crippen LogP contribution in [0, 0.1) is 6.92 Å². The quantitative estimate of drug-likeness (QED) is 0.696. The third kappa shape index (κ3) is 5.18. The number of nitrogens with one attached hydrogen (secondary N) is 1. The zero-order chi connectivity index (χ0) is 17.5. The highest BCUT2D eigenvalue weighted by Crippen LogP contribution is 2.26. The Hall–Kier alpha value is -1.66. The van der Waals surface area contributed by atoms with Gasteiger partial charge in [-0.05, 0) is 48.9 Å². The van der Waals surface area contributed by atoms with Crippen LogP contribution in [0.25, 0.3) is 0 Å². The second kappa shape index (κ2) is 8.99. The van der Waals surface area contributed by atoms with Crippen LogP contribution in [0.3, 0.4) is 0 Å². The van der Waals surface area contributed by atoms with Gasteiger partial charge in [0.15, 0.2) is 0 Å². The van der Waals surface area contributed by atoms with E-state index in [4.69, 9.17) is 9.47 Å². The minimum absolute atomic E-state index is 0.0211. The third-order valence-corrected chi connectivity index (χ3v) is 5.13. The van der Waals surface area contributed by atoms with E-state index >= 15 is 0 Å². The van der Waals surface area contributed by atoms with Gasteiger partial charge >= 0.3 is 0 Å². The smallest absolute Gasteiger partial charge is 0.230 e. The third-order valence-electron chi connectivity index (χ3n) is 3.46. The maximum Gasteiger partial charge on any atom is 0.230 e. The number of hydrogen-bond donors (Lipinski definition) is 1. The lowest BCUT2D eigenvalue weighted by Gasteiger charge is -2.12. The first kappa shape index (κ1) is 18.7. The van der Waals surface area contributed by atoms with Gasteiger partial charge < -0.3 is 14.8 Å².